The molecule has 4 unspecified atom stereocenters. The van der Waals surface area contributed by atoms with Gasteiger partial charge in [0.2, 0.25) is 0 Å². The van der Waals surface area contributed by atoms with Gasteiger partial charge in [0.1, 0.15) is 0 Å². The van der Waals surface area contributed by atoms with E-state index in [1.807, 2.05) is 7.05 Å². The summed E-state index contributed by atoms with van der Waals surface area (Å²) in [6.45, 7) is 16.7. The highest BCUT2D eigenvalue weighted by Crippen LogP contribution is 2.33. The molecule has 0 aliphatic carbocycles. The Labute approximate surface area is 183 Å². The van der Waals surface area contributed by atoms with Crippen LogP contribution in [0.4, 0.5) is 0 Å². The molecule has 2 fully saturated rings. The number of halogens is 1. The van der Waals surface area contributed by atoms with Crippen molar-refractivity contribution in [1.29, 1.82) is 0 Å². The van der Waals surface area contributed by atoms with Gasteiger partial charge in [-0.2, -0.15) is 0 Å². The summed E-state index contributed by atoms with van der Waals surface area (Å²) in [7, 11) is 1.84. The van der Waals surface area contributed by atoms with Crippen LogP contribution in [0.3, 0.4) is 0 Å². The number of ether oxygens (including phenoxy) is 2. The Morgan fingerprint density at radius 2 is 2.00 bits per heavy atom. The lowest BCUT2D eigenvalue weighted by Crippen LogP contribution is -2.53. The summed E-state index contributed by atoms with van der Waals surface area (Å²) in [5.74, 6) is 1.41. The molecule has 2 heterocycles. The number of morpholine rings is 1. The predicted molar refractivity (Wildman–Crippen MR) is 123 cm³/mol. The fourth-order valence-corrected chi connectivity index (χ4v) is 4.21. The van der Waals surface area contributed by atoms with Gasteiger partial charge < -0.3 is 20.1 Å². The molecule has 7 heteroatoms. The SMILES string of the molecule is CN=C(NCC1CCCOC1C(C)(C)C)NCC(C)N1CCOCC1C.I. The van der Waals surface area contributed by atoms with E-state index >= 15 is 0 Å². The first-order valence-corrected chi connectivity index (χ1v) is 10.2. The second-order valence-corrected chi connectivity index (χ2v) is 8.90. The maximum atomic E-state index is 6.09. The van der Waals surface area contributed by atoms with Crippen LogP contribution in [0.5, 0.6) is 0 Å². The van der Waals surface area contributed by atoms with Crippen molar-refractivity contribution in [3.05, 3.63) is 0 Å². The van der Waals surface area contributed by atoms with Crippen molar-refractivity contribution in [2.45, 2.75) is 65.6 Å². The average molecular weight is 496 g/mol. The topological polar surface area (TPSA) is 58.1 Å². The van der Waals surface area contributed by atoms with Crippen LogP contribution in [0.2, 0.25) is 0 Å². The lowest BCUT2D eigenvalue weighted by Gasteiger charge is -2.40. The highest BCUT2D eigenvalue weighted by Gasteiger charge is 2.35. The number of nitrogens with one attached hydrogen (secondary N) is 2. The van der Waals surface area contributed by atoms with Crippen LogP contribution < -0.4 is 10.6 Å². The summed E-state index contributed by atoms with van der Waals surface area (Å²) < 4.78 is 11.6. The molecule has 0 aromatic carbocycles. The van der Waals surface area contributed by atoms with Crippen molar-refractivity contribution < 1.29 is 9.47 Å². The molecule has 2 aliphatic rings. The van der Waals surface area contributed by atoms with E-state index in [-0.39, 0.29) is 29.4 Å². The molecular weight excluding hydrogens is 455 g/mol. The van der Waals surface area contributed by atoms with Crippen LogP contribution in [0, 0.1) is 11.3 Å². The number of hydrogen-bond acceptors (Lipinski definition) is 4. The Morgan fingerprint density at radius 3 is 2.63 bits per heavy atom. The second kappa shape index (κ2) is 11.8. The average Bonchev–Trinajstić information content (AvgIpc) is 2.61. The van der Waals surface area contributed by atoms with Gasteiger partial charge >= 0.3 is 0 Å². The summed E-state index contributed by atoms with van der Waals surface area (Å²) in [6, 6.07) is 0.926. The van der Waals surface area contributed by atoms with Crippen molar-refractivity contribution in [3.8, 4) is 0 Å². The first-order chi connectivity index (χ1) is 12.3. The number of guanidine groups is 1. The van der Waals surface area contributed by atoms with E-state index in [0.29, 0.717) is 24.1 Å². The summed E-state index contributed by atoms with van der Waals surface area (Å²) in [6.07, 6.45) is 2.67. The van der Waals surface area contributed by atoms with E-state index in [1.54, 1.807) is 0 Å². The van der Waals surface area contributed by atoms with Crippen molar-refractivity contribution in [2.24, 2.45) is 16.3 Å². The van der Waals surface area contributed by atoms with Gasteiger partial charge in [0.25, 0.3) is 0 Å². The van der Waals surface area contributed by atoms with Gasteiger partial charge in [-0.05, 0) is 32.1 Å². The first kappa shape index (κ1) is 24.9. The van der Waals surface area contributed by atoms with Crippen LogP contribution in [0.15, 0.2) is 4.99 Å². The third-order valence-corrected chi connectivity index (χ3v) is 5.60. The lowest BCUT2D eigenvalue weighted by atomic mass is 9.78. The van der Waals surface area contributed by atoms with Gasteiger partial charge in [0.15, 0.2) is 5.96 Å². The van der Waals surface area contributed by atoms with Gasteiger partial charge in [-0.15, -0.1) is 24.0 Å². The summed E-state index contributed by atoms with van der Waals surface area (Å²) >= 11 is 0. The standard InChI is InChI=1S/C20H40N4O2.HI/c1-15(24-9-11-25-14-16(24)2)12-22-19(21-6)23-13-17-8-7-10-26-18(17)20(3,4)5;/h15-18H,7-14H2,1-6H3,(H2,21,22,23);1H. The Hall–Kier alpha value is -0.120. The molecule has 0 saturated carbocycles. The quantitative estimate of drug-likeness (QED) is 0.348. The smallest absolute Gasteiger partial charge is 0.191 e. The molecule has 0 aromatic rings. The monoisotopic (exact) mass is 496 g/mol. The molecule has 0 bridgehead atoms. The molecule has 0 amide bonds. The third-order valence-electron chi connectivity index (χ3n) is 5.60. The van der Waals surface area contributed by atoms with Crippen LogP contribution in [0.1, 0.15) is 47.5 Å². The maximum Gasteiger partial charge on any atom is 0.191 e. The molecule has 2 saturated heterocycles. The largest absolute Gasteiger partial charge is 0.379 e. The zero-order chi connectivity index (χ0) is 19.2. The first-order valence-electron chi connectivity index (χ1n) is 10.2. The minimum absolute atomic E-state index is 0. The van der Waals surface area contributed by atoms with Gasteiger partial charge in [-0.3, -0.25) is 9.89 Å². The number of nitrogens with zero attached hydrogens (tertiary/aromatic N) is 2. The molecule has 160 valence electrons. The summed E-state index contributed by atoms with van der Waals surface area (Å²) in [5.41, 5.74) is 0.171. The molecule has 4 atom stereocenters. The molecular formula is C20H41IN4O2. The van der Waals surface area contributed by atoms with E-state index in [0.717, 1.165) is 51.8 Å². The molecule has 6 nitrogen and oxygen atoms in total. The molecule has 0 spiro atoms. The molecule has 2 aliphatic heterocycles. The molecule has 0 aromatic heterocycles. The van der Waals surface area contributed by atoms with Crippen molar-refractivity contribution >= 4 is 29.9 Å². The minimum atomic E-state index is 0. The zero-order valence-corrected chi connectivity index (χ0v) is 20.4. The van der Waals surface area contributed by atoms with Gasteiger partial charge in [0, 0.05) is 51.3 Å². The van der Waals surface area contributed by atoms with E-state index in [9.17, 15) is 0 Å². The summed E-state index contributed by atoms with van der Waals surface area (Å²) in [5, 5.41) is 7.02. The fourth-order valence-electron chi connectivity index (χ4n) is 4.21. The zero-order valence-electron chi connectivity index (χ0n) is 18.1. The number of aliphatic imine (C=N–C) groups is 1. The van der Waals surface area contributed by atoms with E-state index in [4.69, 9.17) is 9.47 Å². The Kier molecular flexibility index (Phi) is 10.9. The third kappa shape index (κ3) is 7.66. The molecule has 2 rings (SSSR count). The van der Waals surface area contributed by atoms with E-state index in [1.165, 1.54) is 6.42 Å². The number of rotatable bonds is 5. The van der Waals surface area contributed by atoms with E-state index in [2.05, 4.69) is 55.1 Å². The summed E-state index contributed by atoms with van der Waals surface area (Å²) in [4.78, 5) is 6.91. The van der Waals surface area contributed by atoms with Crippen molar-refractivity contribution in [1.82, 2.24) is 15.5 Å². The Balaban J connectivity index is 0.00000364. The van der Waals surface area contributed by atoms with Crippen LogP contribution in [-0.4, -0.2) is 75.5 Å². The normalized spacial score (nSPS) is 29.0. The Morgan fingerprint density at radius 1 is 1.26 bits per heavy atom. The van der Waals surface area contributed by atoms with Crippen LogP contribution in [-0.2, 0) is 9.47 Å². The maximum absolute atomic E-state index is 6.09. The van der Waals surface area contributed by atoms with Crippen LogP contribution in [0.25, 0.3) is 0 Å². The number of hydrogen-bond donors (Lipinski definition) is 2. The van der Waals surface area contributed by atoms with Crippen LogP contribution >= 0.6 is 24.0 Å². The lowest BCUT2D eigenvalue weighted by molar-refractivity contribution is -0.0835. The Bertz CT molecular complexity index is 456. The minimum Gasteiger partial charge on any atom is -0.379 e. The predicted octanol–water partition coefficient (Wildman–Crippen LogP) is 2.72. The van der Waals surface area contributed by atoms with Crippen molar-refractivity contribution in [3.63, 3.8) is 0 Å². The highest BCUT2D eigenvalue weighted by atomic mass is 127. The van der Waals surface area contributed by atoms with E-state index < -0.39 is 0 Å². The molecule has 27 heavy (non-hydrogen) atoms. The van der Waals surface area contributed by atoms with Gasteiger partial charge in [-0.1, -0.05) is 20.8 Å². The fraction of sp³-hybridized carbons (Fsp3) is 0.950. The van der Waals surface area contributed by atoms with Gasteiger partial charge in [0.05, 0.1) is 19.3 Å². The molecule has 0 radical (unpaired) electrons. The van der Waals surface area contributed by atoms with Gasteiger partial charge in [-0.25, -0.2) is 0 Å². The second-order valence-electron chi connectivity index (χ2n) is 8.90. The molecule has 2 N–H and O–H groups in total. The highest BCUT2D eigenvalue weighted by molar-refractivity contribution is 14.0. The van der Waals surface area contributed by atoms with Crippen molar-refractivity contribution in [2.75, 3.05) is 46.5 Å².